The minimum atomic E-state index is -0.0133. The number of rotatable bonds is 6. The highest BCUT2D eigenvalue weighted by molar-refractivity contribution is 5.95. The first-order valence-corrected chi connectivity index (χ1v) is 8.03. The van der Waals surface area contributed by atoms with E-state index >= 15 is 0 Å². The zero-order valence-corrected chi connectivity index (χ0v) is 14.4. The molecule has 0 saturated heterocycles. The van der Waals surface area contributed by atoms with E-state index in [0.717, 1.165) is 17.8 Å². The van der Waals surface area contributed by atoms with Gasteiger partial charge in [-0.1, -0.05) is 32.0 Å². The van der Waals surface area contributed by atoms with Gasteiger partial charge in [-0.2, -0.15) is 5.10 Å². The summed E-state index contributed by atoms with van der Waals surface area (Å²) in [6.45, 7) is 6.76. The molecular weight excluding hydrogens is 288 g/mol. The van der Waals surface area contributed by atoms with Crippen molar-refractivity contribution >= 4 is 5.91 Å². The van der Waals surface area contributed by atoms with E-state index < -0.39 is 0 Å². The second kappa shape index (κ2) is 7.42. The predicted octanol–water partition coefficient (Wildman–Crippen LogP) is 2.63. The fraction of sp³-hybridized carbons (Fsp3) is 0.444. The number of hydrogen-bond acceptors (Lipinski definition) is 3. The monoisotopic (exact) mass is 314 g/mol. The maximum atomic E-state index is 12.6. The summed E-state index contributed by atoms with van der Waals surface area (Å²) < 4.78 is 1.79. The normalized spacial score (nSPS) is 12.4. The van der Waals surface area contributed by atoms with Crippen molar-refractivity contribution in [1.29, 1.82) is 0 Å². The number of aromatic nitrogens is 2. The molecule has 5 heteroatoms. The largest absolute Gasteiger partial charge is 0.342 e. The number of hydrogen-bond donors (Lipinski definition) is 1. The van der Waals surface area contributed by atoms with E-state index in [1.165, 1.54) is 0 Å². The molecule has 1 aromatic carbocycles. The Hall–Kier alpha value is -2.14. The SMILES string of the molecule is Cc1c(C(=O)N(C)CCC(N)C(C)C)cnn1-c1ccccc1. The summed E-state index contributed by atoms with van der Waals surface area (Å²) in [5.74, 6) is 0.404. The third kappa shape index (κ3) is 3.99. The van der Waals surface area contributed by atoms with Gasteiger partial charge in [0.1, 0.15) is 0 Å². The van der Waals surface area contributed by atoms with Crippen LogP contribution < -0.4 is 5.73 Å². The number of nitrogens with two attached hydrogens (primary N) is 1. The fourth-order valence-electron chi connectivity index (χ4n) is 2.43. The van der Waals surface area contributed by atoms with Crippen LogP contribution in [0.2, 0.25) is 0 Å². The highest BCUT2D eigenvalue weighted by Gasteiger charge is 2.19. The summed E-state index contributed by atoms with van der Waals surface area (Å²) in [6.07, 6.45) is 2.44. The third-order valence-electron chi connectivity index (χ3n) is 4.24. The molecule has 2 N–H and O–H groups in total. The Bertz CT molecular complexity index is 648. The first-order valence-electron chi connectivity index (χ1n) is 8.03. The van der Waals surface area contributed by atoms with Gasteiger partial charge in [0, 0.05) is 19.6 Å². The molecule has 0 aliphatic rings. The van der Waals surface area contributed by atoms with Crippen LogP contribution in [0, 0.1) is 12.8 Å². The van der Waals surface area contributed by atoms with Crippen molar-refractivity contribution < 1.29 is 4.79 Å². The van der Waals surface area contributed by atoms with Crippen LogP contribution >= 0.6 is 0 Å². The lowest BCUT2D eigenvalue weighted by Crippen LogP contribution is -2.34. The molecule has 0 fully saturated rings. The van der Waals surface area contributed by atoms with Crippen LogP contribution in [0.1, 0.15) is 36.3 Å². The average molecular weight is 314 g/mol. The maximum absolute atomic E-state index is 12.6. The molecule has 2 aromatic rings. The van der Waals surface area contributed by atoms with E-state index in [4.69, 9.17) is 5.73 Å². The Morgan fingerprint density at radius 3 is 2.57 bits per heavy atom. The molecule has 0 saturated carbocycles. The Labute approximate surface area is 138 Å². The molecule has 5 nitrogen and oxygen atoms in total. The highest BCUT2D eigenvalue weighted by atomic mass is 16.2. The number of para-hydroxylation sites is 1. The lowest BCUT2D eigenvalue weighted by Gasteiger charge is -2.21. The van der Waals surface area contributed by atoms with Gasteiger partial charge in [-0.05, 0) is 31.4 Å². The second-order valence-corrected chi connectivity index (χ2v) is 6.31. The van der Waals surface area contributed by atoms with Crippen molar-refractivity contribution in [3.63, 3.8) is 0 Å². The van der Waals surface area contributed by atoms with Gasteiger partial charge in [0.15, 0.2) is 0 Å². The molecule has 124 valence electrons. The minimum Gasteiger partial charge on any atom is -0.342 e. The third-order valence-corrected chi connectivity index (χ3v) is 4.24. The maximum Gasteiger partial charge on any atom is 0.257 e. The first-order chi connectivity index (χ1) is 10.9. The summed E-state index contributed by atoms with van der Waals surface area (Å²) in [5.41, 5.74) is 8.49. The van der Waals surface area contributed by atoms with E-state index in [9.17, 15) is 4.79 Å². The van der Waals surface area contributed by atoms with Gasteiger partial charge in [-0.25, -0.2) is 4.68 Å². The van der Waals surface area contributed by atoms with Gasteiger partial charge in [0.2, 0.25) is 0 Å². The highest BCUT2D eigenvalue weighted by Crippen LogP contribution is 2.15. The van der Waals surface area contributed by atoms with Crippen molar-refractivity contribution in [2.24, 2.45) is 11.7 Å². The van der Waals surface area contributed by atoms with E-state index in [1.807, 2.05) is 44.3 Å². The molecule has 0 spiro atoms. The average Bonchev–Trinajstić information content (AvgIpc) is 2.93. The summed E-state index contributed by atoms with van der Waals surface area (Å²) in [5, 5.41) is 4.36. The van der Waals surface area contributed by atoms with Gasteiger partial charge in [-0.15, -0.1) is 0 Å². The number of carbonyl (C=O) groups excluding carboxylic acids is 1. The number of nitrogens with zero attached hydrogens (tertiary/aromatic N) is 3. The van der Waals surface area contributed by atoms with Gasteiger partial charge < -0.3 is 10.6 Å². The van der Waals surface area contributed by atoms with Crippen molar-refractivity contribution in [2.75, 3.05) is 13.6 Å². The molecule has 1 heterocycles. The summed E-state index contributed by atoms with van der Waals surface area (Å²) in [4.78, 5) is 14.3. The lowest BCUT2D eigenvalue weighted by molar-refractivity contribution is 0.0788. The standard InChI is InChI=1S/C18H26N4O/c1-13(2)17(19)10-11-21(4)18(23)16-12-20-22(14(16)3)15-8-6-5-7-9-15/h5-9,12-13,17H,10-11,19H2,1-4H3. The topological polar surface area (TPSA) is 64.2 Å². The number of amides is 1. The van der Waals surface area contributed by atoms with Crippen LogP contribution in [0.3, 0.4) is 0 Å². The summed E-state index contributed by atoms with van der Waals surface area (Å²) in [6, 6.07) is 9.92. The van der Waals surface area contributed by atoms with Crippen molar-refractivity contribution in [1.82, 2.24) is 14.7 Å². The first kappa shape index (κ1) is 17.2. The molecule has 0 bridgehead atoms. The molecule has 1 atom stereocenters. The van der Waals surface area contributed by atoms with E-state index in [2.05, 4.69) is 18.9 Å². The molecular formula is C18H26N4O. The number of benzene rings is 1. The van der Waals surface area contributed by atoms with Gasteiger partial charge >= 0.3 is 0 Å². The van der Waals surface area contributed by atoms with Crippen LogP contribution in [-0.2, 0) is 0 Å². The van der Waals surface area contributed by atoms with E-state index in [-0.39, 0.29) is 11.9 Å². The Kier molecular flexibility index (Phi) is 5.55. The fourth-order valence-corrected chi connectivity index (χ4v) is 2.43. The smallest absolute Gasteiger partial charge is 0.257 e. The molecule has 1 unspecified atom stereocenters. The second-order valence-electron chi connectivity index (χ2n) is 6.31. The quantitative estimate of drug-likeness (QED) is 0.891. The molecule has 2 rings (SSSR count). The van der Waals surface area contributed by atoms with Crippen LogP contribution in [0.25, 0.3) is 5.69 Å². The van der Waals surface area contributed by atoms with Crippen LogP contribution in [0.4, 0.5) is 0 Å². The van der Waals surface area contributed by atoms with Crippen LogP contribution in [-0.4, -0.2) is 40.2 Å². The Morgan fingerprint density at radius 1 is 1.30 bits per heavy atom. The molecule has 23 heavy (non-hydrogen) atoms. The van der Waals surface area contributed by atoms with Crippen molar-refractivity contribution in [2.45, 2.75) is 33.2 Å². The Balaban J connectivity index is 2.10. The molecule has 0 radical (unpaired) electrons. The van der Waals surface area contributed by atoms with Crippen molar-refractivity contribution in [3.05, 3.63) is 47.8 Å². The van der Waals surface area contributed by atoms with E-state index in [1.54, 1.807) is 15.8 Å². The van der Waals surface area contributed by atoms with Gasteiger partial charge in [-0.3, -0.25) is 4.79 Å². The van der Waals surface area contributed by atoms with Gasteiger partial charge in [0.25, 0.3) is 5.91 Å². The lowest BCUT2D eigenvalue weighted by atomic mass is 10.0. The Morgan fingerprint density at radius 2 is 1.96 bits per heavy atom. The molecule has 1 aromatic heterocycles. The number of carbonyl (C=O) groups is 1. The zero-order valence-electron chi connectivity index (χ0n) is 14.4. The minimum absolute atomic E-state index is 0.0133. The van der Waals surface area contributed by atoms with Crippen LogP contribution in [0.15, 0.2) is 36.5 Å². The molecule has 1 amide bonds. The molecule has 0 aliphatic carbocycles. The van der Waals surface area contributed by atoms with E-state index in [0.29, 0.717) is 18.0 Å². The predicted molar refractivity (Wildman–Crippen MR) is 92.7 cm³/mol. The summed E-state index contributed by atoms with van der Waals surface area (Å²) >= 11 is 0. The van der Waals surface area contributed by atoms with Crippen LogP contribution in [0.5, 0.6) is 0 Å². The van der Waals surface area contributed by atoms with Crippen molar-refractivity contribution in [3.8, 4) is 5.69 Å². The van der Waals surface area contributed by atoms with Gasteiger partial charge in [0.05, 0.1) is 23.1 Å². The molecule has 0 aliphatic heterocycles. The zero-order chi connectivity index (χ0) is 17.0. The summed E-state index contributed by atoms with van der Waals surface area (Å²) in [7, 11) is 1.81.